The highest BCUT2D eigenvalue weighted by Gasteiger charge is 2.12. The van der Waals surface area contributed by atoms with Gasteiger partial charge in [-0.2, -0.15) is 5.10 Å². The first kappa shape index (κ1) is 25.3. The first-order valence-corrected chi connectivity index (χ1v) is 11.5. The summed E-state index contributed by atoms with van der Waals surface area (Å²) in [5.74, 6) is 0.687. The average molecular weight is 502 g/mol. The molecule has 0 spiro atoms. The largest absolute Gasteiger partial charge is 0.486 e. The molecule has 0 bridgehead atoms. The highest BCUT2D eigenvalue weighted by molar-refractivity contribution is 5.92. The number of furan rings is 1. The van der Waals surface area contributed by atoms with Crippen LogP contribution in [0.5, 0.6) is 11.5 Å². The predicted octanol–water partition coefficient (Wildman–Crippen LogP) is 4.58. The number of benzene rings is 2. The van der Waals surface area contributed by atoms with Crippen LogP contribution in [0.15, 0.2) is 82.3 Å². The number of hydrogen-bond donors (Lipinski definition) is 1. The number of amides is 1. The van der Waals surface area contributed by atoms with Crippen LogP contribution in [0.25, 0.3) is 5.69 Å². The first-order chi connectivity index (χ1) is 17.9. The third-order valence-electron chi connectivity index (χ3n) is 5.49. The van der Waals surface area contributed by atoms with Crippen LogP contribution in [0.2, 0.25) is 0 Å². The van der Waals surface area contributed by atoms with Crippen molar-refractivity contribution in [2.24, 2.45) is 5.10 Å². The Balaban J connectivity index is 1.30. The number of hydrazone groups is 1. The molecule has 0 aliphatic heterocycles. The summed E-state index contributed by atoms with van der Waals surface area (Å²) < 4.78 is 23.6. The Kier molecular flexibility index (Phi) is 8.05. The Hall–Kier alpha value is -4.79. The van der Waals surface area contributed by atoms with Crippen LogP contribution >= 0.6 is 0 Å². The number of carbonyl (C=O) groups excluding carboxylic acids is 2. The van der Waals surface area contributed by atoms with E-state index in [-0.39, 0.29) is 19.0 Å². The third-order valence-corrected chi connectivity index (χ3v) is 5.49. The quantitative estimate of drug-likeness (QED) is 0.194. The molecule has 2 aromatic heterocycles. The van der Waals surface area contributed by atoms with E-state index < -0.39 is 11.9 Å². The standard InChI is InChI=1S/C28H27N3O6/c1-19-8-9-20(2)31(19)22-10-12-23(13-11-22)35-17-24-14-15-26(37-24)28(33)30-29-16-21-6-4-5-7-25(21)36-18-27(32)34-3/h4-16H,17-18H2,1-3H3,(H,30,33)/b29-16+. The van der Waals surface area contributed by atoms with Gasteiger partial charge in [0, 0.05) is 22.6 Å². The molecule has 0 saturated heterocycles. The molecule has 1 amide bonds. The van der Waals surface area contributed by atoms with Gasteiger partial charge in [-0.05, 0) is 74.5 Å². The number of para-hydroxylation sites is 1. The molecule has 2 heterocycles. The lowest BCUT2D eigenvalue weighted by Crippen LogP contribution is -2.17. The summed E-state index contributed by atoms with van der Waals surface area (Å²) in [6.07, 6.45) is 1.41. The van der Waals surface area contributed by atoms with Gasteiger partial charge in [-0.15, -0.1) is 0 Å². The van der Waals surface area contributed by atoms with Gasteiger partial charge in [-0.1, -0.05) is 12.1 Å². The maximum atomic E-state index is 12.4. The lowest BCUT2D eigenvalue weighted by Gasteiger charge is -2.10. The molecule has 0 radical (unpaired) electrons. The maximum Gasteiger partial charge on any atom is 0.343 e. The van der Waals surface area contributed by atoms with Crippen molar-refractivity contribution in [1.29, 1.82) is 0 Å². The van der Waals surface area contributed by atoms with Crippen LogP contribution in [-0.4, -0.2) is 36.4 Å². The minimum Gasteiger partial charge on any atom is -0.486 e. The number of aromatic nitrogens is 1. The molecule has 0 atom stereocenters. The van der Waals surface area contributed by atoms with E-state index >= 15 is 0 Å². The molecular formula is C28H27N3O6. The van der Waals surface area contributed by atoms with E-state index in [0.717, 1.165) is 17.1 Å². The first-order valence-electron chi connectivity index (χ1n) is 11.5. The van der Waals surface area contributed by atoms with Crippen LogP contribution in [0.4, 0.5) is 0 Å². The van der Waals surface area contributed by atoms with Gasteiger partial charge in [0.05, 0.1) is 13.3 Å². The van der Waals surface area contributed by atoms with Crippen molar-refractivity contribution in [3.63, 3.8) is 0 Å². The van der Waals surface area contributed by atoms with Crippen LogP contribution in [0.1, 0.15) is 33.3 Å². The number of nitrogens with zero attached hydrogens (tertiary/aromatic N) is 2. The van der Waals surface area contributed by atoms with Gasteiger partial charge in [0.25, 0.3) is 0 Å². The summed E-state index contributed by atoms with van der Waals surface area (Å²) in [6.45, 7) is 4.06. The molecule has 2 aromatic carbocycles. The molecule has 4 aromatic rings. The minimum atomic E-state index is -0.516. The molecule has 0 saturated carbocycles. The monoisotopic (exact) mass is 501 g/mol. The number of esters is 1. The normalized spacial score (nSPS) is 10.9. The van der Waals surface area contributed by atoms with Crippen molar-refractivity contribution in [3.05, 3.63) is 101 Å². The number of rotatable bonds is 10. The molecule has 0 aliphatic rings. The summed E-state index contributed by atoms with van der Waals surface area (Å²) in [6, 6.07) is 22.1. The Morgan fingerprint density at radius 3 is 2.41 bits per heavy atom. The van der Waals surface area contributed by atoms with Gasteiger partial charge >= 0.3 is 11.9 Å². The van der Waals surface area contributed by atoms with Crippen molar-refractivity contribution in [2.45, 2.75) is 20.5 Å². The van der Waals surface area contributed by atoms with Crippen molar-refractivity contribution in [1.82, 2.24) is 9.99 Å². The zero-order valence-electron chi connectivity index (χ0n) is 20.8. The summed E-state index contributed by atoms with van der Waals surface area (Å²) in [5, 5.41) is 3.96. The van der Waals surface area contributed by atoms with E-state index in [2.05, 4.69) is 45.8 Å². The lowest BCUT2D eigenvalue weighted by molar-refractivity contribution is -0.142. The van der Waals surface area contributed by atoms with Gasteiger partial charge in [-0.25, -0.2) is 10.2 Å². The highest BCUT2D eigenvalue weighted by atomic mass is 16.6. The average Bonchev–Trinajstić information content (AvgIpc) is 3.53. The molecule has 190 valence electrons. The smallest absolute Gasteiger partial charge is 0.343 e. The van der Waals surface area contributed by atoms with Crippen LogP contribution < -0.4 is 14.9 Å². The molecule has 1 N–H and O–H groups in total. The minimum absolute atomic E-state index is 0.0971. The number of carbonyl (C=O) groups is 2. The number of aryl methyl sites for hydroxylation is 2. The SMILES string of the molecule is COC(=O)COc1ccccc1/C=N/NC(=O)c1ccc(COc2ccc(-n3c(C)ccc3C)cc2)o1. The number of hydrogen-bond acceptors (Lipinski definition) is 7. The number of nitrogens with one attached hydrogen (secondary N) is 1. The van der Waals surface area contributed by atoms with Crippen molar-refractivity contribution in [3.8, 4) is 17.2 Å². The molecule has 0 fully saturated rings. The highest BCUT2D eigenvalue weighted by Crippen LogP contribution is 2.21. The zero-order chi connectivity index (χ0) is 26.2. The molecule has 0 aliphatic carbocycles. The Morgan fingerprint density at radius 2 is 1.68 bits per heavy atom. The fourth-order valence-corrected chi connectivity index (χ4v) is 3.63. The third kappa shape index (κ3) is 6.46. The zero-order valence-corrected chi connectivity index (χ0v) is 20.8. The fourth-order valence-electron chi connectivity index (χ4n) is 3.63. The second kappa shape index (κ2) is 11.8. The van der Waals surface area contributed by atoms with Gasteiger partial charge in [-0.3, -0.25) is 4.79 Å². The van der Waals surface area contributed by atoms with E-state index in [1.807, 2.05) is 24.3 Å². The molecule has 37 heavy (non-hydrogen) atoms. The Morgan fingerprint density at radius 1 is 0.946 bits per heavy atom. The van der Waals surface area contributed by atoms with Gasteiger partial charge in [0.1, 0.15) is 23.9 Å². The van der Waals surface area contributed by atoms with Gasteiger partial charge in [0.2, 0.25) is 0 Å². The summed E-state index contributed by atoms with van der Waals surface area (Å²) in [4.78, 5) is 23.7. The molecule has 9 heteroatoms. The second-order valence-corrected chi connectivity index (χ2v) is 8.10. The Bertz CT molecular complexity index is 1380. The summed E-state index contributed by atoms with van der Waals surface area (Å²) >= 11 is 0. The van der Waals surface area contributed by atoms with Crippen molar-refractivity contribution in [2.75, 3.05) is 13.7 Å². The number of methoxy groups -OCH3 is 1. The second-order valence-electron chi connectivity index (χ2n) is 8.10. The summed E-state index contributed by atoms with van der Waals surface area (Å²) in [5.41, 5.74) is 6.37. The number of ether oxygens (including phenoxy) is 3. The van der Waals surface area contributed by atoms with Crippen LogP contribution in [0.3, 0.4) is 0 Å². The molecule has 0 unspecified atom stereocenters. The van der Waals surface area contributed by atoms with E-state index in [0.29, 0.717) is 22.8 Å². The van der Waals surface area contributed by atoms with E-state index in [1.165, 1.54) is 13.3 Å². The maximum absolute atomic E-state index is 12.4. The topological polar surface area (TPSA) is 104 Å². The van der Waals surface area contributed by atoms with Crippen LogP contribution in [-0.2, 0) is 16.1 Å². The van der Waals surface area contributed by atoms with E-state index in [9.17, 15) is 9.59 Å². The van der Waals surface area contributed by atoms with E-state index in [1.54, 1.807) is 36.4 Å². The Labute approximate surface area is 214 Å². The summed E-state index contributed by atoms with van der Waals surface area (Å²) in [7, 11) is 1.28. The van der Waals surface area contributed by atoms with Crippen molar-refractivity contribution < 1.29 is 28.2 Å². The van der Waals surface area contributed by atoms with E-state index in [4.69, 9.17) is 13.9 Å². The predicted molar refractivity (Wildman–Crippen MR) is 137 cm³/mol. The molecule has 9 nitrogen and oxygen atoms in total. The van der Waals surface area contributed by atoms with Crippen LogP contribution in [0, 0.1) is 13.8 Å². The van der Waals surface area contributed by atoms with Gasteiger partial charge in [0.15, 0.2) is 12.4 Å². The molecule has 4 rings (SSSR count). The lowest BCUT2D eigenvalue weighted by atomic mass is 10.2. The van der Waals surface area contributed by atoms with Crippen molar-refractivity contribution >= 4 is 18.1 Å². The molecular weight excluding hydrogens is 474 g/mol. The fraction of sp³-hybridized carbons (Fsp3) is 0.179. The van der Waals surface area contributed by atoms with Gasteiger partial charge < -0.3 is 23.2 Å².